The molecule has 1 aromatic rings. The Morgan fingerprint density at radius 2 is 2.26 bits per heavy atom. The predicted molar refractivity (Wildman–Crippen MR) is 76.4 cm³/mol. The molecular formula is C11H13Cl2N3O2S. The second-order valence-electron chi connectivity index (χ2n) is 4.31. The normalized spacial score (nSPS) is 15.6. The molecule has 0 atom stereocenters. The highest BCUT2D eigenvalue weighted by Crippen LogP contribution is 2.35. The summed E-state index contributed by atoms with van der Waals surface area (Å²) in [4.78, 5) is 14.1. The van der Waals surface area contributed by atoms with Crippen LogP contribution < -0.4 is 5.73 Å². The summed E-state index contributed by atoms with van der Waals surface area (Å²) in [5.74, 6) is -0.0470. The van der Waals surface area contributed by atoms with Crippen LogP contribution in [0.2, 0.25) is 8.67 Å². The van der Waals surface area contributed by atoms with Gasteiger partial charge in [-0.25, -0.2) is 0 Å². The molecule has 8 heteroatoms. The van der Waals surface area contributed by atoms with Crippen molar-refractivity contribution in [2.24, 2.45) is 10.9 Å². The van der Waals surface area contributed by atoms with E-state index in [9.17, 15) is 4.79 Å². The Bertz CT molecular complexity index is 514. The van der Waals surface area contributed by atoms with Gasteiger partial charge in [-0.3, -0.25) is 4.79 Å². The van der Waals surface area contributed by atoms with Gasteiger partial charge in [0.1, 0.15) is 10.2 Å². The summed E-state index contributed by atoms with van der Waals surface area (Å²) in [5, 5.41) is 11.4. The molecule has 104 valence electrons. The first-order chi connectivity index (χ1) is 9.02. The highest BCUT2D eigenvalue weighted by Gasteiger charge is 2.34. The third kappa shape index (κ3) is 3.52. The van der Waals surface area contributed by atoms with Crippen molar-refractivity contribution in [1.29, 1.82) is 0 Å². The molecule has 0 unspecified atom stereocenters. The van der Waals surface area contributed by atoms with E-state index in [1.54, 1.807) is 11.0 Å². The van der Waals surface area contributed by atoms with Gasteiger partial charge in [0.25, 0.3) is 5.91 Å². The molecule has 1 saturated carbocycles. The maximum absolute atomic E-state index is 12.4. The minimum atomic E-state index is -0.151. The minimum absolute atomic E-state index is 0.105. The summed E-state index contributed by atoms with van der Waals surface area (Å²) in [7, 11) is 0. The molecular weight excluding hydrogens is 309 g/mol. The standard InChI is InChI=1S/C11H13Cl2N3O2S/c12-8-5-7(10(13)19-8)11(17)16(6-1-2-6)4-3-9(14)15-18/h5-6,18H,1-4H2,(H2,14,15). The lowest BCUT2D eigenvalue weighted by atomic mass is 10.2. The van der Waals surface area contributed by atoms with E-state index in [0.29, 0.717) is 27.2 Å². The van der Waals surface area contributed by atoms with Gasteiger partial charge < -0.3 is 15.8 Å². The van der Waals surface area contributed by atoms with Crippen LogP contribution >= 0.6 is 34.5 Å². The largest absolute Gasteiger partial charge is 0.409 e. The van der Waals surface area contributed by atoms with Crippen LogP contribution in [0.5, 0.6) is 0 Å². The zero-order valence-corrected chi connectivity index (χ0v) is 12.3. The molecule has 1 aliphatic carbocycles. The molecule has 0 radical (unpaired) electrons. The van der Waals surface area contributed by atoms with Crippen LogP contribution in [-0.2, 0) is 0 Å². The average Bonchev–Trinajstić information content (AvgIpc) is 3.14. The molecule has 0 saturated heterocycles. The number of nitrogens with two attached hydrogens (primary N) is 1. The fourth-order valence-corrected chi connectivity index (χ4v) is 3.21. The third-order valence-corrected chi connectivity index (χ3v) is 4.36. The predicted octanol–water partition coefficient (Wildman–Crippen LogP) is 2.80. The molecule has 0 bridgehead atoms. The number of nitrogens with zero attached hydrogens (tertiary/aromatic N) is 2. The quantitative estimate of drug-likeness (QED) is 0.379. The van der Waals surface area contributed by atoms with Gasteiger partial charge in [0, 0.05) is 19.0 Å². The van der Waals surface area contributed by atoms with Crippen LogP contribution in [0.4, 0.5) is 0 Å². The maximum atomic E-state index is 12.4. The zero-order chi connectivity index (χ0) is 14.0. The molecule has 0 spiro atoms. The molecule has 1 amide bonds. The Balaban J connectivity index is 2.10. The highest BCUT2D eigenvalue weighted by atomic mass is 35.5. The number of hydrogen-bond acceptors (Lipinski definition) is 4. The molecule has 0 aliphatic heterocycles. The van der Waals surface area contributed by atoms with Gasteiger partial charge in [-0.2, -0.15) is 0 Å². The van der Waals surface area contributed by atoms with Gasteiger partial charge in [0.05, 0.1) is 9.90 Å². The summed E-state index contributed by atoms with van der Waals surface area (Å²) >= 11 is 13.0. The highest BCUT2D eigenvalue weighted by molar-refractivity contribution is 7.20. The molecule has 0 aromatic carbocycles. The van der Waals surface area contributed by atoms with Crippen molar-refractivity contribution in [3.63, 3.8) is 0 Å². The van der Waals surface area contributed by atoms with Crippen molar-refractivity contribution in [2.75, 3.05) is 6.54 Å². The summed E-state index contributed by atoms with van der Waals surface area (Å²) in [6.45, 7) is 0.406. The Morgan fingerprint density at radius 1 is 1.58 bits per heavy atom. The SMILES string of the molecule is N/C(CCN(C(=O)c1cc(Cl)sc1Cl)C1CC1)=N/O. The van der Waals surface area contributed by atoms with Crippen molar-refractivity contribution in [2.45, 2.75) is 25.3 Å². The molecule has 1 aromatic heterocycles. The van der Waals surface area contributed by atoms with Gasteiger partial charge in [0.15, 0.2) is 0 Å². The van der Waals surface area contributed by atoms with Crippen LogP contribution in [0.3, 0.4) is 0 Å². The average molecular weight is 322 g/mol. The third-order valence-electron chi connectivity index (χ3n) is 2.87. The number of thiophene rings is 1. The van der Waals surface area contributed by atoms with Crippen LogP contribution in [0.15, 0.2) is 11.2 Å². The Labute approximate surface area is 124 Å². The first-order valence-electron chi connectivity index (χ1n) is 5.75. The Hall–Kier alpha value is -0.980. The van der Waals surface area contributed by atoms with Crippen LogP contribution in [-0.4, -0.2) is 34.4 Å². The number of carbonyl (C=O) groups excluding carboxylic acids is 1. The summed E-state index contributed by atoms with van der Waals surface area (Å²) in [6, 6.07) is 1.80. The number of carbonyl (C=O) groups is 1. The number of halogens is 2. The number of amides is 1. The van der Waals surface area contributed by atoms with Crippen molar-refractivity contribution in [1.82, 2.24) is 4.90 Å². The van der Waals surface area contributed by atoms with Crippen LogP contribution in [0, 0.1) is 0 Å². The smallest absolute Gasteiger partial charge is 0.256 e. The van der Waals surface area contributed by atoms with Crippen LogP contribution in [0.1, 0.15) is 29.6 Å². The lowest BCUT2D eigenvalue weighted by Gasteiger charge is -2.21. The van der Waals surface area contributed by atoms with E-state index in [1.807, 2.05) is 0 Å². The summed E-state index contributed by atoms with van der Waals surface area (Å²) in [6.07, 6.45) is 2.27. The van der Waals surface area contributed by atoms with E-state index in [4.69, 9.17) is 34.1 Å². The van der Waals surface area contributed by atoms with Crippen LogP contribution in [0.25, 0.3) is 0 Å². The lowest BCUT2D eigenvalue weighted by Crippen LogP contribution is -2.35. The number of amidine groups is 1. The van der Waals surface area contributed by atoms with E-state index in [2.05, 4.69) is 5.16 Å². The second-order valence-corrected chi connectivity index (χ2v) is 6.59. The van der Waals surface area contributed by atoms with Gasteiger partial charge in [-0.05, 0) is 18.9 Å². The van der Waals surface area contributed by atoms with Crippen molar-refractivity contribution in [3.8, 4) is 0 Å². The minimum Gasteiger partial charge on any atom is -0.409 e. The fourth-order valence-electron chi connectivity index (χ4n) is 1.76. The molecule has 2 rings (SSSR count). The molecule has 1 aliphatic rings. The Kier molecular flexibility index (Phi) is 4.54. The second kappa shape index (κ2) is 5.98. The van der Waals surface area contributed by atoms with Crippen molar-refractivity contribution >= 4 is 46.3 Å². The molecule has 1 fully saturated rings. The van der Waals surface area contributed by atoms with E-state index >= 15 is 0 Å². The summed E-state index contributed by atoms with van der Waals surface area (Å²) in [5.41, 5.74) is 5.85. The molecule has 19 heavy (non-hydrogen) atoms. The first kappa shape index (κ1) is 14.4. The van der Waals surface area contributed by atoms with E-state index < -0.39 is 0 Å². The molecule has 3 N–H and O–H groups in total. The van der Waals surface area contributed by atoms with Gasteiger partial charge in [-0.15, -0.1) is 11.3 Å². The number of oxime groups is 1. The van der Waals surface area contributed by atoms with Gasteiger partial charge in [0.2, 0.25) is 0 Å². The molecule has 5 nitrogen and oxygen atoms in total. The van der Waals surface area contributed by atoms with E-state index in [1.165, 1.54) is 11.3 Å². The van der Waals surface area contributed by atoms with E-state index in [-0.39, 0.29) is 17.8 Å². The van der Waals surface area contributed by atoms with Crippen molar-refractivity contribution in [3.05, 3.63) is 20.3 Å². The molecule has 1 heterocycles. The first-order valence-corrected chi connectivity index (χ1v) is 7.32. The zero-order valence-electron chi connectivity index (χ0n) is 9.97. The maximum Gasteiger partial charge on any atom is 0.256 e. The van der Waals surface area contributed by atoms with E-state index in [0.717, 1.165) is 12.8 Å². The lowest BCUT2D eigenvalue weighted by molar-refractivity contribution is 0.0748. The summed E-state index contributed by atoms with van der Waals surface area (Å²) < 4.78 is 0.880. The number of hydrogen-bond donors (Lipinski definition) is 2. The Morgan fingerprint density at radius 3 is 2.74 bits per heavy atom. The topological polar surface area (TPSA) is 78.9 Å². The number of rotatable bonds is 5. The monoisotopic (exact) mass is 321 g/mol. The van der Waals surface area contributed by atoms with Gasteiger partial charge in [-0.1, -0.05) is 28.4 Å². The fraction of sp³-hybridized carbons (Fsp3) is 0.455. The van der Waals surface area contributed by atoms with Crippen molar-refractivity contribution < 1.29 is 10.0 Å². The van der Waals surface area contributed by atoms with Gasteiger partial charge >= 0.3 is 0 Å².